The van der Waals surface area contributed by atoms with Crippen LogP contribution in [0.3, 0.4) is 0 Å². The molecule has 0 spiro atoms. The number of likely N-dealkylation sites (tertiary alicyclic amines) is 1. The molecule has 1 aliphatic rings. The van der Waals surface area contributed by atoms with Crippen LogP contribution in [0.1, 0.15) is 35.3 Å². The van der Waals surface area contributed by atoms with E-state index in [4.69, 9.17) is 0 Å². The van der Waals surface area contributed by atoms with Crippen LogP contribution in [0, 0.1) is 6.92 Å². The average molecular weight is 334 g/mol. The first-order valence-corrected chi connectivity index (χ1v) is 8.47. The predicted molar refractivity (Wildman–Crippen MR) is 86.8 cm³/mol. The normalized spacial score (nSPS) is 14.7. The molecule has 0 atom stereocenters. The summed E-state index contributed by atoms with van der Waals surface area (Å²) < 4.78 is 1.45. The van der Waals surface area contributed by atoms with E-state index in [9.17, 15) is 14.4 Å². The summed E-state index contributed by atoms with van der Waals surface area (Å²) in [5.41, 5.74) is 0.465. The van der Waals surface area contributed by atoms with E-state index in [0.717, 1.165) is 18.7 Å². The van der Waals surface area contributed by atoms with Crippen molar-refractivity contribution < 1.29 is 9.59 Å². The molecule has 3 rings (SSSR count). The van der Waals surface area contributed by atoms with Gasteiger partial charge in [0, 0.05) is 43.3 Å². The summed E-state index contributed by atoms with van der Waals surface area (Å²) in [6.45, 7) is 3.67. The standard InChI is InChI=1S/C15H18N4O3S/c1-10-9-23-15-17-8-11(14(22)19(10)15)13(21)16-5-3-7-18-6-2-4-12(18)20/h8-9H,2-7H2,1H3,(H,16,21). The van der Waals surface area contributed by atoms with Gasteiger partial charge in [-0.1, -0.05) is 0 Å². The SMILES string of the molecule is Cc1csc2ncc(C(=O)NCCCN3CCCC3=O)c(=O)n12. The highest BCUT2D eigenvalue weighted by Gasteiger charge is 2.19. The number of hydrogen-bond acceptors (Lipinski definition) is 5. The Kier molecular flexibility index (Phi) is 4.42. The molecule has 0 unspecified atom stereocenters. The Labute approximate surface area is 136 Å². The summed E-state index contributed by atoms with van der Waals surface area (Å²) in [6.07, 6.45) is 3.53. The lowest BCUT2D eigenvalue weighted by molar-refractivity contribution is -0.127. The maximum absolute atomic E-state index is 12.4. The third kappa shape index (κ3) is 3.12. The van der Waals surface area contributed by atoms with Crippen molar-refractivity contribution in [3.05, 3.63) is 33.2 Å². The Bertz CT molecular complexity index is 811. The number of nitrogens with zero attached hydrogens (tertiary/aromatic N) is 3. The number of thiazole rings is 1. The lowest BCUT2D eigenvalue weighted by atomic mass is 10.3. The molecule has 0 aliphatic carbocycles. The van der Waals surface area contributed by atoms with Gasteiger partial charge in [0.2, 0.25) is 5.91 Å². The van der Waals surface area contributed by atoms with Gasteiger partial charge in [-0.3, -0.25) is 18.8 Å². The van der Waals surface area contributed by atoms with Gasteiger partial charge in [0.1, 0.15) is 5.56 Å². The van der Waals surface area contributed by atoms with Crippen molar-refractivity contribution in [2.75, 3.05) is 19.6 Å². The van der Waals surface area contributed by atoms with E-state index in [0.29, 0.717) is 30.9 Å². The number of amides is 2. The fraction of sp³-hybridized carbons (Fsp3) is 0.467. The molecular formula is C15H18N4O3S. The van der Waals surface area contributed by atoms with Gasteiger partial charge in [-0.25, -0.2) is 4.98 Å². The summed E-state index contributed by atoms with van der Waals surface area (Å²) in [4.78, 5) is 42.5. The van der Waals surface area contributed by atoms with Gasteiger partial charge in [0.25, 0.3) is 11.5 Å². The molecule has 1 N–H and O–H groups in total. The first kappa shape index (κ1) is 15.7. The Hall–Kier alpha value is -2.22. The van der Waals surface area contributed by atoms with Crippen LogP contribution in [0.2, 0.25) is 0 Å². The first-order valence-electron chi connectivity index (χ1n) is 7.60. The second kappa shape index (κ2) is 6.49. The fourth-order valence-electron chi connectivity index (χ4n) is 2.69. The van der Waals surface area contributed by atoms with Gasteiger partial charge in [-0.15, -0.1) is 11.3 Å². The predicted octanol–water partition coefficient (Wildman–Crippen LogP) is 0.807. The summed E-state index contributed by atoms with van der Waals surface area (Å²) in [6, 6.07) is 0. The van der Waals surface area contributed by atoms with E-state index in [1.165, 1.54) is 21.9 Å². The van der Waals surface area contributed by atoms with Gasteiger partial charge in [0.05, 0.1) is 0 Å². The molecule has 0 aromatic carbocycles. The largest absolute Gasteiger partial charge is 0.352 e. The average Bonchev–Trinajstić information content (AvgIpc) is 3.10. The second-order valence-corrected chi connectivity index (χ2v) is 6.40. The minimum atomic E-state index is -0.421. The van der Waals surface area contributed by atoms with E-state index in [2.05, 4.69) is 10.3 Å². The number of carbonyl (C=O) groups excluding carboxylic acids is 2. The van der Waals surface area contributed by atoms with Gasteiger partial charge in [0.15, 0.2) is 4.96 Å². The van der Waals surface area contributed by atoms with E-state index < -0.39 is 5.91 Å². The summed E-state index contributed by atoms with van der Waals surface area (Å²) >= 11 is 1.37. The van der Waals surface area contributed by atoms with Gasteiger partial charge in [-0.2, -0.15) is 0 Å². The van der Waals surface area contributed by atoms with E-state index in [1.54, 1.807) is 6.92 Å². The summed E-state index contributed by atoms with van der Waals surface area (Å²) in [5, 5.41) is 4.56. The molecule has 1 fully saturated rings. The zero-order valence-corrected chi connectivity index (χ0v) is 13.7. The molecule has 0 radical (unpaired) electrons. The molecule has 2 aromatic rings. The van der Waals surface area contributed by atoms with Gasteiger partial charge in [-0.05, 0) is 19.8 Å². The molecule has 2 amide bonds. The molecule has 2 aromatic heterocycles. The van der Waals surface area contributed by atoms with E-state index in [1.807, 2.05) is 10.3 Å². The van der Waals surface area contributed by atoms with Crippen molar-refractivity contribution in [3.8, 4) is 0 Å². The van der Waals surface area contributed by atoms with Crippen LogP contribution in [0.25, 0.3) is 4.96 Å². The minimum absolute atomic E-state index is 0.0428. The number of aromatic nitrogens is 2. The Morgan fingerprint density at radius 1 is 1.43 bits per heavy atom. The Balaban J connectivity index is 1.60. The van der Waals surface area contributed by atoms with Crippen LogP contribution in [0.15, 0.2) is 16.4 Å². The molecule has 1 aliphatic heterocycles. The van der Waals surface area contributed by atoms with Gasteiger partial charge < -0.3 is 10.2 Å². The van der Waals surface area contributed by atoms with Crippen LogP contribution in [-0.4, -0.2) is 45.7 Å². The van der Waals surface area contributed by atoms with Crippen molar-refractivity contribution >= 4 is 28.1 Å². The number of hydrogen-bond donors (Lipinski definition) is 1. The van der Waals surface area contributed by atoms with Crippen LogP contribution < -0.4 is 10.9 Å². The third-order valence-corrected chi connectivity index (χ3v) is 4.88. The number of rotatable bonds is 5. The number of carbonyl (C=O) groups is 2. The maximum Gasteiger partial charge on any atom is 0.271 e. The minimum Gasteiger partial charge on any atom is -0.352 e. The Morgan fingerprint density at radius 3 is 3.00 bits per heavy atom. The molecule has 7 nitrogen and oxygen atoms in total. The van der Waals surface area contributed by atoms with Crippen molar-refractivity contribution in [2.45, 2.75) is 26.2 Å². The molecule has 8 heteroatoms. The zero-order chi connectivity index (χ0) is 16.4. The lowest BCUT2D eigenvalue weighted by Gasteiger charge is -2.15. The zero-order valence-electron chi connectivity index (χ0n) is 12.9. The monoisotopic (exact) mass is 334 g/mol. The molecular weight excluding hydrogens is 316 g/mol. The van der Waals surface area contributed by atoms with Gasteiger partial charge >= 0.3 is 0 Å². The second-order valence-electron chi connectivity index (χ2n) is 5.57. The third-order valence-electron chi connectivity index (χ3n) is 3.92. The number of aryl methyl sites for hydroxylation is 1. The highest BCUT2D eigenvalue weighted by molar-refractivity contribution is 7.15. The van der Waals surface area contributed by atoms with E-state index in [-0.39, 0.29) is 17.0 Å². The smallest absolute Gasteiger partial charge is 0.271 e. The molecule has 1 saturated heterocycles. The molecule has 3 heterocycles. The molecule has 0 bridgehead atoms. The van der Waals surface area contributed by atoms with Crippen LogP contribution in [0.5, 0.6) is 0 Å². The van der Waals surface area contributed by atoms with Crippen LogP contribution in [-0.2, 0) is 4.79 Å². The first-order chi connectivity index (χ1) is 11.1. The quantitative estimate of drug-likeness (QED) is 0.820. The van der Waals surface area contributed by atoms with Crippen molar-refractivity contribution in [3.63, 3.8) is 0 Å². The molecule has 23 heavy (non-hydrogen) atoms. The van der Waals surface area contributed by atoms with Crippen molar-refractivity contribution in [1.82, 2.24) is 19.6 Å². The maximum atomic E-state index is 12.4. The lowest BCUT2D eigenvalue weighted by Crippen LogP contribution is -2.34. The number of nitrogens with one attached hydrogen (secondary N) is 1. The fourth-order valence-corrected chi connectivity index (χ4v) is 3.52. The highest BCUT2D eigenvalue weighted by Crippen LogP contribution is 2.11. The summed E-state index contributed by atoms with van der Waals surface area (Å²) in [7, 11) is 0. The molecule has 0 saturated carbocycles. The highest BCUT2D eigenvalue weighted by atomic mass is 32.1. The van der Waals surface area contributed by atoms with Crippen molar-refractivity contribution in [2.24, 2.45) is 0 Å². The van der Waals surface area contributed by atoms with Crippen LogP contribution in [0.4, 0.5) is 0 Å². The topological polar surface area (TPSA) is 83.8 Å². The van der Waals surface area contributed by atoms with Crippen molar-refractivity contribution in [1.29, 1.82) is 0 Å². The van der Waals surface area contributed by atoms with Crippen LogP contribution >= 0.6 is 11.3 Å². The molecule has 122 valence electrons. The Morgan fingerprint density at radius 2 is 2.26 bits per heavy atom. The number of fused-ring (bicyclic) bond motifs is 1. The van der Waals surface area contributed by atoms with E-state index >= 15 is 0 Å². The summed E-state index contributed by atoms with van der Waals surface area (Å²) in [5.74, 6) is -0.243.